The highest BCUT2D eigenvalue weighted by molar-refractivity contribution is 6.33. The van der Waals surface area contributed by atoms with E-state index >= 15 is 0 Å². The summed E-state index contributed by atoms with van der Waals surface area (Å²) in [6.07, 6.45) is 3.18. The number of benzene rings is 1. The fourth-order valence-electron chi connectivity index (χ4n) is 1.13. The van der Waals surface area contributed by atoms with Crippen LogP contribution < -0.4 is 0 Å². The maximum absolute atomic E-state index is 13.3. The van der Waals surface area contributed by atoms with Crippen molar-refractivity contribution in [1.29, 1.82) is 0 Å². The summed E-state index contributed by atoms with van der Waals surface area (Å²) in [6, 6.07) is 4.54. The molecule has 0 saturated carbocycles. The monoisotopic (exact) mass is 196 g/mol. The molecule has 4 heteroatoms. The molecule has 0 bridgehead atoms. The number of aromatic nitrogens is 2. The molecule has 0 saturated heterocycles. The minimum atomic E-state index is -0.373. The van der Waals surface area contributed by atoms with Crippen molar-refractivity contribution in [3.8, 4) is 11.4 Å². The zero-order valence-electron chi connectivity index (χ0n) is 6.59. The van der Waals surface area contributed by atoms with Crippen molar-refractivity contribution in [1.82, 2.24) is 9.97 Å². The molecule has 0 aliphatic rings. The molecule has 0 radical (unpaired) electrons. The smallest absolute Gasteiger partial charge is 0.141 e. The first-order chi connectivity index (χ1) is 6.29. The molecule has 1 aromatic heterocycles. The summed E-state index contributed by atoms with van der Waals surface area (Å²) in [6.45, 7) is 0. The molecule has 0 spiro atoms. The van der Waals surface area contributed by atoms with E-state index in [2.05, 4.69) is 9.97 Å². The van der Waals surface area contributed by atoms with Crippen molar-refractivity contribution >= 4 is 11.6 Å². The third kappa shape index (κ3) is 1.42. The molecule has 2 rings (SSSR count). The maximum Gasteiger partial charge on any atom is 0.141 e. The Kier molecular flexibility index (Phi) is 2.02. The zero-order valence-corrected chi connectivity index (χ0v) is 7.35. The molecule has 2 aromatic rings. The maximum atomic E-state index is 13.3. The molecule has 0 fully saturated rings. The lowest BCUT2D eigenvalue weighted by Crippen LogP contribution is -1.87. The molecule has 0 aliphatic carbocycles. The van der Waals surface area contributed by atoms with Crippen LogP contribution in [0, 0.1) is 5.82 Å². The molecular formula is C9H6ClFN2. The third-order valence-corrected chi connectivity index (χ3v) is 2.01. The second-order valence-electron chi connectivity index (χ2n) is 2.53. The molecule has 66 valence electrons. The number of halogens is 2. The molecule has 0 unspecified atom stereocenters. The van der Waals surface area contributed by atoms with Gasteiger partial charge in [-0.25, -0.2) is 9.37 Å². The SMILES string of the molecule is Fc1cccc(Cl)c1-c1ncc[nH]1. The molecule has 2 nitrogen and oxygen atoms in total. The van der Waals surface area contributed by atoms with Crippen LogP contribution >= 0.6 is 11.6 Å². The molecule has 0 amide bonds. The first-order valence-corrected chi connectivity index (χ1v) is 4.10. The van der Waals surface area contributed by atoms with Gasteiger partial charge in [-0.15, -0.1) is 0 Å². The molecule has 0 aliphatic heterocycles. The highest BCUT2D eigenvalue weighted by Gasteiger charge is 2.10. The van der Waals surface area contributed by atoms with Gasteiger partial charge in [0.05, 0.1) is 10.6 Å². The lowest BCUT2D eigenvalue weighted by atomic mass is 10.2. The normalized spacial score (nSPS) is 10.3. The van der Waals surface area contributed by atoms with Crippen molar-refractivity contribution < 1.29 is 4.39 Å². The van der Waals surface area contributed by atoms with Crippen LogP contribution in [0.15, 0.2) is 30.6 Å². The van der Waals surface area contributed by atoms with E-state index in [1.54, 1.807) is 24.5 Å². The highest BCUT2D eigenvalue weighted by atomic mass is 35.5. The average molecular weight is 197 g/mol. The summed E-state index contributed by atoms with van der Waals surface area (Å²) in [5, 5.41) is 0.356. The second kappa shape index (κ2) is 3.18. The van der Waals surface area contributed by atoms with Gasteiger partial charge in [0, 0.05) is 12.4 Å². The van der Waals surface area contributed by atoms with Gasteiger partial charge < -0.3 is 4.98 Å². The number of rotatable bonds is 1. The molecule has 1 aromatic carbocycles. The van der Waals surface area contributed by atoms with Gasteiger partial charge in [0.15, 0.2) is 0 Å². The predicted molar refractivity (Wildman–Crippen MR) is 49.0 cm³/mol. The number of hydrogen-bond acceptors (Lipinski definition) is 1. The number of hydrogen-bond donors (Lipinski definition) is 1. The number of H-pyrrole nitrogens is 1. The summed E-state index contributed by atoms with van der Waals surface area (Å²) in [5.74, 6) is 0.0746. The topological polar surface area (TPSA) is 28.7 Å². The van der Waals surface area contributed by atoms with Crippen molar-refractivity contribution in [3.63, 3.8) is 0 Å². The van der Waals surface area contributed by atoms with Crippen LogP contribution in [0.4, 0.5) is 4.39 Å². The van der Waals surface area contributed by atoms with Crippen molar-refractivity contribution in [2.75, 3.05) is 0 Å². The lowest BCUT2D eigenvalue weighted by molar-refractivity contribution is 0.630. The van der Waals surface area contributed by atoms with E-state index in [0.717, 1.165) is 0 Å². The first kappa shape index (κ1) is 8.26. The van der Waals surface area contributed by atoms with E-state index in [0.29, 0.717) is 16.4 Å². The summed E-state index contributed by atoms with van der Waals surface area (Å²) in [7, 11) is 0. The van der Waals surface area contributed by atoms with Gasteiger partial charge >= 0.3 is 0 Å². The Bertz CT molecular complexity index is 391. The first-order valence-electron chi connectivity index (χ1n) is 3.73. The summed E-state index contributed by atoms with van der Waals surface area (Å²) in [4.78, 5) is 6.73. The Hall–Kier alpha value is -1.35. The van der Waals surface area contributed by atoms with Gasteiger partial charge in [0.1, 0.15) is 11.6 Å². The van der Waals surface area contributed by atoms with Crippen molar-refractivity contribution in [2.24, 2.45) is 0 Å². The fourth-order valence-corrected chi connectivity index (χ4v) is 1.38. The Balaban J connectivity index is 2.64. The minimum Gasteiger partial charge on any atom is -0.344 e. The number of aromatic amines is 1. The largest absolute Gasteiger partial charge is 0.344 e. The van der Waals surface area contributed by atoms with Crippen molar-refractivity contribution in [3.05, 3.63) is 41.4 Å². The molecule has 1 heterocycles. The summed E-state index contributed by atoms with van der Waals surface area (Å²) < 4.78 is 13.3. The van der Waals surface area contributed by atoms with E-state index < -0.39 is 0 Å². The quantitative estimate of drug-likeness (QED) is 0.747. The Morgan fingerprint density at radius 3 is 2.85 bits per heavy atom. The van der Waals surface area contributed by atoms with Crippen LogP contribution in [0.2, 0.25) is 5.02 Å². The minimum absolute atomic E-state index is 0.314. The van der Waals surface area contributed by atoms with Crippen LogP contribution in [0.3, 0.4) is 0 Å². The van der Waals surface area contributed by atoms with Gasteiger partial charge in [0.25, 0.3) is 0 Å². The van der Waals surface area contributed by atoms with E-state index in [1.807, 2.05) is 0 Å². The van der Waals surface area contributed by atoms with Crippen LogP contribution in [0.1, 0.15) is 0 Å². The van der Waals surface area contributed by atoms with E-state index in [-0.39, 0.29) is 5.82 Å². The molecule has 13 heavy (non-hydrogen) atoms. The van der Waals surface area contributed by atoms with Gasteiger partial charge in [-0.2, -0.15) is 0 Å². The van der Waals surface area contributed by atoms with Gasteiger partial charge in [-0.3, -0.25) is 0 Å². The number of nitrogens with zero attached hydrogens (tertiary/aromatic N) is 1. The molecular weight excluding hydrogens is 191 g/mol. The molecule has 0 atom stereocenters. The fraction of sp³-hybridized carbons (Fsp3) is 0. The summed E-state index contributed by atoms with van der Waals surface area (Å²) in [5.41, 5.74) is 0.314. The Morgan fingerprint density at radius 1 is 1.38 bits per heavy atom. The van der Waals surface area contributed by atoms with Crippen molar-refractivity contribution in [2.45, 2.75) is 0 Å². The predicted octanol–water partition coefficient (Wildman–Crippen LogP) is 2.87. The van der Waals surface area contributed by atoms with Crippen LogP contribution in [0.5, 0.6) is 0 Å². The van der Waals surface area contributed by atoms with Gasteiger partial charge in [0.2, 0.25) is 0 Å². The van der Waals surface area contributed by atoms with E-state index in [9.17, 15) is 4.39 Å². The van der Waals surface area contributed by atoms with Crippen LogP contribution in [-0.4, -0.2) is 9.97 Å². The summed E-state index contributed by atoms with van der Waals surface area (Å²) >= 11 is 5.82. The zero-order chi connectivity index (χ0) is 9.26. The molecule has 1 N–H and O–H groups in total. The second-order valence-corrected chi connectivity index (χ2v) is 2.94. The van der Waals surface area contributed by atoms with Crippen LogP contribution in [-0.2, 0) is 0 Å². The Labute approximate surface area is 79.4 Å². The lowest BCUT2D eigenvalue weighted by Gasteiger charge is -2.00. The number of imidazole rings is 1. The van der Waals surface area contributed by atoms with Gasteiger partial charge in [-0.1, -0.05) is 17.7 Å². The van der Waals surface area contributed by atoms with E-state index in [4.69, 9.17) is 11.6 Å². The average Bonchev–Trinajstić information content (AvgIpc) is 2.57. The van der Waals surface area contributed by atoms with Gasteiger partial charge in [-0.05, 0) is 12.1 Å². The standard InChI is InChI=1S/C9H6ClFN2/c10-6-2-1-3-7(11)8(6)9-12-4-5-13-9/h1-5H,(H,12,13). The van der Waals surface area contributed by atoms with E-state index in [1.165, 1.54) is 6.07 Å². The number of nitrogens with one attached hydrogen (secondary N) is 1. The third-order valence-electron chi connectivity index (χ3n) is 1.70. The highest BCUT2D eigenvalue weighted by Crippen LogP contribution is 2.27. The Morgan fingerprint density at radius 2 is 2.23 bits per heavy atom. The van der Waals surface area contributed by atoms with Crippen LogP contribution in [0.25, 0.3) is 11.4 Å².